The molecule has 1 aromatic carbocycles. The Hall–Kier alpha value is -3.46. The summed E-state index contributed by atoms with van der Waals surface area (Å²) in [5.74, 6) is 1.52. The number of allylic oxidation sites excluding steroid dienone is 1. The highest BCUT2D eigenvalue weighted by atomic mass is 19.1. The first-order chi connectivity index (χ1) is 17.4. The van der Waals surface area contributed by atoms with E-state index in [0.29, 0.717) is 35.2 Å². The molecule has 0 spiro atoms. The molecule has 2 aliphatic rings. The summed E-state index contributed by atoms with van der Waals surface area (Å²) in [6, 6.07) is 5.43. The van der Waals surface area contributed by atoms with Gasteiger partial charge in [-0.25, -0.2) is 9.37 Å². The minimum Gasteiger partial charge on any atom is -0.463 e. The Morgan fingerprint density at radius 3 is 2.75 bits per heavy atom. The molecule has 1 saturated heterocycles. The van der Waals surface area contributed by atoms with Crippen molar-refractivity contribution in [2.75, 3.05) is 43.9 Å². The highest BCUT2D eigenvalue weighted by Crippen LogP contribution is 2.28. The molecule has 36 heavy (non-hydrogen) atoms. The summed E-state index contributed by atoms with van der Waals surface area (Å²) in [6.07, 6.45) is 6.60. The van der Waals surface area contributed by atoms with Gasteiger partial charge >= 0.3 is 0 Å². The lowest BCUT2D eigenvalue weighted by molar-refractivity contribution is 0.0148. The van der Waals surface area contributed by atoms with Crippen LogP contribution in [0.1, 0.15) is 41.8 Å². The molecule has 1 aromatic heterocycles. The minimum absolute atomic E-state index is 0.302. The van der Waals surface area contributed by atoms with E-state index in [0.717, 1.165) is 55.7 Å². The van der Waals surface area contributed by atoms with E-state index in [-0.39, 0.29) is 6.04 Å². The number of hydrogen-bond donors (Lipinski definition) is 2. The number of carbonyl (C=O) groups is 1. The van der Waals surface area contributed by atoms with Crippen LogP contribution in [0.25, 0.3) is 0 Å². The van der Waals surface area contributed by atoms with Crippen LogP contribution in [0.2, 0.25) is 0 Å². The molecular formula is C27H35FN6O2. The molecule has 2 heterocycles. The second-order valence-corrected chi connectivity index (χ2v) is 9.26. The van der Waals surface area contributed by atoms with Crippen LogP contribution in [-0.2, 0) is 11.2 Å². The van der Waals surface area contributed by atoms with Crippen LogP contribution >= 0.6 is 0 Å². The van der Waals surface area contributed by atoms with E-state index in [1.807, 2.05) is 38.1 Å². The third-order valence-electron chi connectivity index (χ3n) is 6.59. The number of hydrogen-bond acceptors (Lipinski definition) is 8. The quantitative estimate of drug-likeness (QED) is 0.496. The zero-order valence-corrected chi connectivity index (χ0v) is 21.4. The molecule has 0 amide bonds. The minimum atomic E-state index is -1.43. The van der Waals surface area contributed by atoms with E-state index in [9.17, 15) is 9.18 Å². The molecule has 1 aliphatic heterocycles. The van der Waals surface area contributed by atoms with Crippen molar-refractivity contribution in [2.24, 2.45) is 0 Å². The van der Waals surface area contributed by atoms with Gasteiger partial charge in [-0.2, -0.15) is 4.98 Å². The number of aromatic nitrogens is 2. The molecule has 2 aromatic rings. The van der Waals surface area contributed by atoms with Gasteiger partial charge in [-0.15, -0.1) is 0 Å². The maximum absolute atomic E-state index is 13.9. The number of piperazine rings is 1. The van der Waals surface area contributed by atoms with Crippen LogP contribution < -0.4 is 10.6 Å². The standard InChI is InChI=1S/C27H35FN6O2/c1-5-20-7-6-8-23(22(20)17-35)30-26-18(2)16-29-27(32-26)31-24-10-9-21(15-25(24)36-19(3)28)34-13-11-33(4)12-14-34/h6-9,15-17,19,24H,5,10-14H2,1-4H3,(H2,29,30,31,32). The van der Waals surface area contributed by atoms with Crippen LogP contribution in [-0.4, -0.2) is 71.7 Å². The fourth-order valence-corrected chi connectivity index (χ4v) is 4.47. The van der Waals surface area contributed by atoms with Gasteiger partial charge < -0.3 is 25.2 Å². The first kappa shape index (κ1) is 25.6. The maximum atomic E-state index is 13.9. The summed E-state index contributed by atoms with van der Waals surface area (Å²) >= 11 is 0. The van der Waals surface area contributed by atoms with Gasteiger partial charge in [0.15, 0.2) is 6.29 Å². The third kappa shape index (κ3) is 6.02. The van der Waals surface area contributed by atoms with E-state index >= 15 is 0 Å². The van der Waals surface area contributed by atoms with Gasteiger partial charge in [-0.05, 0) is 38.4 Å². The summed E-state index contributed by atoms with van der Waals surface area (Å²) in [7, 11) is 2.12. The number of likely N-dealkylation sites (N-methyl/N-ethyl adjacent to an activating group) is 1. The van der Waals surface area contributed by atoms with Gasteiger partial charge in [0.25, 0.3) is 0 Å². The maximum Gasteiger partial charge on any atom is 0.235 e. The molecule has 2 N–H and O–H groups in total. The van der Waals surface area contributed by atoms with Gasteiger partial charge in [0, 0.05) is 62.2 Å². The number of aldehydes is 1. The van der Waals surface area contributed by atoms with Crippen LogP contribution in [0.5, 0.6) is 0 Å². The van der Waals surface area contributed by atoms with Crippen LogP contribution in [0, 0.1) is 6.92 Å². The number of benzene rings is 1. The summed E-state index contributed by atoms with van der Waals surface area (Å²) < 4.78 is 19.5. The molecule has 0 saturated carbocycles. The largest absolute Gasteiger partial charge is 0.463 e. The van der Waals surface area contributed by atoms with Crippen LogP contribution in [0.3, 0.4) is 0 Å². The Morgan fingerprint density at radius 1 is 1.28 bits per heavy atom. The molecule has 0 bridgehead atoms. The number of nitrogens with one attached hydrogen (secondary N) is 2. The van der Waals surface area contributed by atoms with Gasteiger partial charge in [0.1, 0.15) is 11.6 Å². The van der Waals surface area contributed by atoms with Gasteiger partial charge in [0.05, 0.1) is 11.7 Å². The molecule has 4 rings (SSSR count). The van der Waals surface area contributed by atoms with Crippen molar-refractivity contribution < 1.29 is 13.9 Å². The molecular weight excluding hydrogens is 459 g/mol. The average Bonchev–Trinajstić information content (AvgIpc) is 2.87. The van der Waals surface area contributed by atoms with E-state index in [2.05, 4.69) is 43.5 Å². The third-order valence-corrected chi connectivity index (χ3v) is 6.59. The lowest BCUT2D eigenvalue weighted by Gasteiger charge is -2.36. The summed E-state index contributed by atoms with van der Waals surface area (Å²) in [6.45, 7) is 9.13. The van der Waals surface area contributed by atoms with E-state index in [1.54, 1.807) is 6.20 Å². The molecule has 1 fully saturated rings. The smallest absolute Gasteiger partial charge is 0.235 e. The van der Waals surface area contributed by atoms with Crippen LogP contribution in [0.15, 0.2) is 48.0 Å². The average molecular weight is 495 g/mol. The summed E-state index contributed by atoms with van der Waals surface area (Å²) in [5, 5.41) is 6.60. The molecule has 2 atom stereocenters. The molecule has 1 aliphatic carbocycles. The number of nitrogens with zero attached hydrogens (tertiary/aromatic N) is 4. The second kappa shape index (κ2) is 11.5. The lowest BCUT2D eigenvalue weighted by Crippen LogP contribution is -2.44. The molecule has 0 radical (unpaired) electrons. The molecule has 2 unspecified atom stereocenters. The molecule has 8 nitrogen and oxygen atoms in total. The van der Waals surface area contributed by atoms with Crippen molar-refractivity contribution in [2.45, 2.75) is 46.0 Å². The lowest BCUT2D eigenvalue weighted by atomic mass is 10.0. The fourth-order valence-electron chi connectivity index (χ4n) is 4.47. The number of anilines is 3. The summed E-state index contributed by atoms with van der Waals surface area (Å²) in [4.78, 5) is 25.4. The van der Waals surface area contributed by atoms with Gasteiger partial charge in [-0.1, -0.05) is 25.1 Å². The Kier molecular flexibility index (Phi) is 8.20. The predicted octanol–water partition coefficient (Wildman–Crippen LogP) is 4.44. The highest BCUT2D eigenvalue weighted by Gasteiger charge is 2.25. The van der Waals surface area contributed by atoms with E-state index < -0.39 is 6.36 Å². The predicted molar refractivity (Wildman–Crippen MR) is 140 cm³/mol. The van der Waals surface area contributed by atoms with Crippen molar-refractivity contribution in [3.05, 3.63) is 64.7 Å². The SMILES string of the molecule is CCc1cccc(Nc2nc(NC3CC=C(N4CCN(C)CC4)C=C3OC(C)F)ncc2C)c1C=O. The zero-order chi connectivity index (χ0) is 25.7. The van der Waals surface area contributed by atoms with Gasteiger partial charge in [-0.3, -0.25) is 4.79 Å². The second-order valence-electron chi connectivity index (χ2n) is 9.26. The molecule has 9 heteroatoms. The normalized spacial score (nSPS) is 19.2. The molecule has 192 valence electrons. The fraction of sp³-hybridized carbons (Fsp3) is 0.444. The first-order valence-electron chi connectivity index (χ1n) is 12.5. The first-order valence-corrected chi connectivity index (χ1v) is 12.5. The van der Waals surface area contributed by atoms with Crippen molar-refractivity contribution in [3.8, 4) is 0 Å². The number of aryl methyl sites for hydroxylation is 2. The topological polar surface area (TPSA) is 82.6 Å². The number of halogens is 1. The van der Waals surface area contributed by atoms with Crippen molar-refractivity contribution in [3.63, 3.8) is 0 Å². The Morgan fingerprint density at radius 2 is 2.06 bits per heavy atom. The Balaban J connectivity index is 1.53. The van der Waals surface area contributed by atoms with Gasteiger partial charge in [0.2, 0.25) is 12.3 Å². The monoisotopic (exact) mass is 494 g/mol. The van der Waals surface area contributed by atoms with E-state index in [4.69, 9.17) is 4.74 Å². The highest BCUT2D eigenvalue weighted by molar-refractivity contribution is 5.88. The summed E-state index contributed by atoms with van der Waals surface area (Å²) in [5.41, 5.74) is 4.19. The van der Waals surface area contributed by atoms with Crippen LogP contribution in [0.4, 0.5) is 21.8 Å². The van der Waals surface area contributed by atoms with Crippen molar-refractivity contribution in [1.82, 2.24) is 19.8 Å². The number of ether oxygens (including phenoxy) is 1. The zero-order valence-electron chi connectivity index (χ0n) is 21.4. The Bertz CT molecular complexity index is 1140. The van der Waals surface area contributed by atoms with Crippen molar-refractivity contribution >= 4 is 23.7 Å². The van der Waals surface area contributed by atoms with E-state index in [1.165, 1.54) is 6.92 Å². The number of alkyl halides is 1. The number of rotatable bonds is 9. The Labute approximate surface area is 212 Å². The van der Waals surface area contributed by atoms with Crippen molar-refractivity contribution in [1.29, 1.82) is 0 Å². The number of carbonyl (C=O) groups excluding carboxylic acids is 1.